The number of fused-ring (bicyclic) bond motifs is 1. The molecule has 9 heteroatoms. The van der Waals surface area contributed by atoms with Gasteiger partial charge in [0.05, 0.1) is 12.2 Å². The molecule has 25 heavy (non-hydrogen) atoms. The molecule has 0 aromatic carbocycles. The van der Waals surface area contributed by atoms with Crippen LogP contribution in [0.25, 0.3) is 5.65 Å². The number of anilines is 1. The first-order chi connectivity index (χ1) is 12.1. The Morgan fingerprint density at radius 3 is 3.00 bits per heavy atom. The van der Waals surface area contributed by atoms with Crippen molar-refractivity contribution in [3.05, 3.63) is 36.4 Å². The van der Waals surface area contributed by atoms with Crippen LogP contribution in [0.15, 0.2) is 30.9 Å². The van der Waals surface area contributed by atoms with Gasteiger partial charge in [0.15, 0.2) is 5.65 Å². The van der Waals surface area contributed by atoms with E-state index in [9.17, 15) is 4.79 Å². The third kappa shape index (κ3) is 2.92. The quantitative estimate of drug-likeness (QED) is 0.758. The molecule has 1 N–H and O–H groups in total. The Bertz CT molecular complexity index is 900. The molecule has 3 aromatic heterocycles. The molecule has 130 valence electrons. The second kappa shape index (κ2) is 6.15. The Morgan fingerprint density at radius 1 is 1.32 bits per heavy atom. The van der Waals surface area contributed by atoms with Crippen LogP contribution < -0.4 is 5.32 Å². The largest absolute Gasteiger partial charge is 0.368 e. The molecule has 0 aliphatic carbocycles. The van der Waals surface area contributed by atoms with E-state index in [1.165, 1.54) is 0 Å². The molecule has 0 unspecified atom stereocenters. The minimum atomic E-state index is 0.0149. The molecule has 1 aliphatic heterocycles. The summed E-state index contributed by atoms with van der Waals surface area (Å²) in [4.78, 5) is 14.0. The number of hydrogen-bond donors (Lipinski definition) is 1. The monoisotopic (exact) mass is 340 g/mol. The van der Waals surface area contributed by atoms with Gasteiger partial charge in [-0.25, -0.2) is 0 Å². The van der Waals surface area contributed by atoms with Crippen LogP contribution in [-0.4, -0.2) is 54.0 Å². The molecule has 1 amide bonds. The first-order valence-electron chi connectivity index (χ1n) is 8.27. The third-order valence-electron chi connectivity index (χ3n) is 4.76. The van der Waals surface area contributed by atoms with Crippen LogP contribution >= 0.6 is 0 Å². The highest BCUT2D eigenvalue weighted by atomic mass is 16.2. The Labute approximate surface area is 144 Å². The van der Waals surface area contributed by atoms with Crippen molar-refractivity contribution < 1.29 is 4.79 Å². The minimum absolute atomic E-state index is 0.0149. The Kier molecular flexibility index (Phi) is 3.83. The molecule has 0 spiro atoms. The molecule has 1 aliphatic rings. The average molecular weight is 340 g/mol. The number of piperidine rings is 1. The predicted molar refractivity (Wildman–Crippen MR) is 90.7 cm³/mol. The van der Waals surface area contributed by atoms with E-state index in [1.54, 1.807) is 15.5 Å². The number of aryl methyl sites for hydroxylation is 1. The van der Waals surface area contributed by atoms with Crippen molar-refractivity contribution in [3.8, 4) is 0 Å². The number of amides is 1. The van der Waals surface area contributed by atoms with Gasteiger partial charge in [0.25, 0.3) is 0 Å². The predicted octanol–water partition coefficient (Wildman–Crippen LogP) is 0.879. The summed E-state index contributed by atoms with van der Waals surface area (Å²) < 4.78 is 3.41. The lowest BCUT2D eigenvalue weighted by Gasteiger charge is -2.38. The maximum atomic E-state index is 12.2. The molecule has 9 nitrogen and oxygen atoms in total. The first kappa shape index (κ1) is 15.6. The van der Waals surface area contributed by atoms with Crippen LogP contribution in [0.2, 0.25) is 0 Å². The second-order valence-corrected chi connectivity index (χ2v) is 6.43. The molecule has 2 atom stereocenters. The normalized spacial score (nSPS) is 21.0. The lowest BCUT2D eigenvalue weighted by Crippen LogP contribution is -2.42. The summed E-state index contributed by atoms with van der Waals surface area (Å²) in [5, 5.41) is 19.9. The topological polar surface area (TPSA) is 93.2 Å². The van der Waals surface area contributed by atoms with Gasteiger partial charge >= 0.3 is 0 Å². The molecule has 1 saturated heterocycles. The highest BCUT2D eigenvalue weighted by Gasteiger charge is 2.35. The fraction of sp³-hybridized carbons (Fsp3) is 0.438. The van der Waals surface area contributed by atoms with E-state index in [0.29, 0.717) is 12.1 Å². The molecule has 4 heterocycles. The third-order valence-corrected chi connectivity index (χ3v) is 4.76. The highest BCUT2D eigenvalue weighted by molar-refractivity contribution is 5.77. The van der Waals surface area contributed by atoms with E-state index in [2.05, 4.69) is 25.7 Å². The van der Waals surface area contributed by atoms with Gasteiger partial charge in [-0.05, 0) is 18.6 Å². The summed E-state index contributed by atoms with van der Waals surface area (Å²) in [7, 11) is 3.76. The number of likely N-dealkylation sites (tertiary alicyclic amines) is 1. The lowest BCUT2D eigenvalue weighted by molar-refractivity contribution is -0.136. The van der Waals surface area contributed by atoms with Crippen LogP contribution in [0.3, 0.4) is 0 Å². The summed E-state index contributed by atoms with van der Waals surface area (Å²) in [6.07, 6.45) is 6.80. The van der Waals surface area contributed by atoms with Crippen LogP contribution in [0, 0.1) is 5.92 Å². The number of aromatic nitrogens is 6. The molecule has 1 fully saturated rings. The highest BCUT2D eigenvalue weighted by Crippen LogP contribution is 2.35. The number of rotatable bonds is 4. The Morgan fingerprint density at radius 2 is 2.20 bits per heavy atom. The maximum Gasteiger partial charge on any atom is 0.222 e. The summed E-state index contributed by atoms with van der Waals surface area (Å²) in [5.74, 6) is 1.22. The number of nitrogens with zero attached hydrogens (tertiary/aromatic N) is 7. The number of hydrogen-bond acceptors (Lipinski definition) is 6. The SMILES string of the molecule is CN1C(=O)CC[C@H](CNc2ccc3nncn3n2)[C@H]1c1cnn(C)c1. The molecule has 0 radical (unpaired) electrons. The first-order valence-corrected chi connectivity index (χ1v) is 8.27. The number of carbonyl (C=O) groups excluding carboxylic acids is 1. The zero-order chi connectivity index (χ0) is 17.4. The molecular weight excluding hydrogens is 320 g/mol. The Balaban J connectivity index is 1.53. The maximum absolute atomic E-state index is 12.2. The molecular formula is C16H20N8O. The van der Waals surface area contributed by atoms with E-state index < -0.39 is 0 Å². The molecule has 0 saturated carbocycles. The van der Waals surface area contributed by atoms with Gasteiger partial charge in [0.2, 0.25) is 5.91 Å². The summed E-state index contributed by atoms with van der Waals surface area (Å²) in [6, 6.07) is 3.78. The van der Waals surface area contributed by atoms with Crippen LogP contribution in [0.4, 0.5) is 5.82 Å². The van der Waals surface area contributed by atoms with Gasteiger partial charge in [-0.2, -0.15) is 9.61 Å². The van der Waals surface area contributed by atoms with Gasteiger partial charge in [-0.15, -0.1) is 15.3 Å². The van der Waals surface area contributed by atoms with E-state index in [1.807, 2.05) is 43.5 Å². The number of nitrogens with one attached hydrogen (secondary N) is 1. The van der Waals surface area contributed by atoms with Crippen molar-refractivity contribution in [1.29, 1.82) is 0 Å². The van der Waals surface area contributed by atoms with Gasteiger partial charge in [-0.3, -0.25) is 9.48 Å². The van der Waals surface area contributed by atoms with E-state index in [0.717, 1.165) is 24.3 Å². The zero-order valence-electron chi connectivity index (χ0n) is 14.2. The van der Waals surface area contributed by atoms with Crippen molar-refractivity contribution in [1.82, 2.24) is 34.5 Å². The van der Waals surface area contributed by atoms with Gasteiger partial charge < -0.3 is 10.2 Å². The van der Waals surface area contributed by atoms with Crippen molar-refractivity contribution in [2.24, 2.45) is 13.0 Å². The summed E-state index contributed by atoms with van der Waals surface area (Å²) >= 11 is 0. The molecule has 3 aromatic rings. The van der Waals surface area contributed by atoms with Crippen LogP contribution in [0.5, 0.6) is 0 Å². The minimum Gasteiger partial charge on any atom is -0.368 e. The molecule has 0 bridgehead atoms. The summed E-state index contributed by atoms with van der Waals surface area (Å²) in [6.45, 7) is 0.720. The standard InChI is InChI=1S/C16H20N8O/c1-22-9-12(8-19-22)16-11(3-6-15(25)23(16)2)7-17-13-4-5-14-20-18-10-24(14)21-13/h4-5,8-11,16H,3,6-7H2,1-2H3,(H,17,21)/t11-,16+/m1/s1. The van der Waals surface area contributed by atoms with Crippen molar-refractivity contribution in [2.45, 2.75) is 18.9 Å². The van der Waals surface area contributed by atoms with Gasteiger partial charge in [-0.1, -0.05) is 0 Å². The summed E-state index contributed by atoms with van der Waals surface area (Å²) in [5.41, 5.74) is 1.77. The van der Waals surface area contributed by atoms with Crippen LogP contribution in [0.1, 0.15) is 24.4 Å². The van der Waals surface area contributed by atoms with E-state index in [4.69, 9.17) is 0 Å². The fourth-order valence-corrected chi connectivity index (χ4v) is 3.48. The van der Waals surface area contributed by atoms with Crippen molar-refractivity contribution in [3.63, 3.8) is 0 Å². The van der Waals surface area contributed by atoms with Crippen molar-refractivity contribution in [2.75, 3.05) is 18.9 Å². The van der Waals surface area contributed by atoms with Gasteiger partial charge in [0.1, 0.15) is 12.1 Å². The second-order valence-electron chi connectivity index (χ2n) is 6.43. The van der Waals surface area contributed by atoms with Crippen molar-refractivity contribution >= 4 is 17.4 Å². The smallest absolute Gasteiger partial charge is 0.222 e. The van der Waals surface area contributed by atoms with Crippen LogP contribution in [-0.2, 0) is 11.8 Å². The average Bonchev–Trinajstić information content (AvgIpc) is 3.24. The lowest BCUT2D eigenvalue weighted by atomic mass is 9.85. The van der Waals surface area contributed by atoms with E-state index in [-0.39, 0.29) is 17.9 Å². The van der Waals surface area contributed by atoms with Gasteiger partial charge in [0, 0.05) is 44.7 Å². The number of carbonyl (C=O) groups is 1. The fourth-order valence-electron chi connectivity index (χ4n) is 3.48. The Hall–Kier alpha value is -2.97. The van der Waals surface area contributed by atoms with E-state index >= 15 is 0 Å². The molecule has 4 rings (SSSR count). The zero-order valence-corrected chi connectivity index (χ0v) is 14.2.